The predicted octanol–water partition coefficient (Wildman–Crippen LogP) is 2.96. The minimum absolute atomic E-state index is 0.00634. The number of nitrogens with one attached hydrogen (secondary N) is 2. The lowest BCUT2D eigenvalue weighted by Gasteiger charge is -2.70. The molecule has 1 aromatic carbocycles. The number of oxazole rings is 1. The molecule has 170 valence electrons. The molecule has 0 unspecified atom stereocenters. The third-order valence-electron chi connectivity index (χ3n) is 6.39. The molecule has 2 bridgehead atoms. The van der Waals surface area contributed by atoms with Gasteiger partial charge in [-0.15, -0.1) is 0 Å². The highest BCUT2D eigenvalue weighted by Gasteiger charge is 2.69. The number of benzene rings is 1. The van der Waals surface area contributed by atoms with Crippen LogP contribution in [0.4, 0.5) is 4.39 Å². The highest BCUT2D eigenvalue weighted by atomic mass is 35.5. The molecular formula is C22H23ClFN3O5. The van der Waals surface area contributed by atoms with Crippen molar-refractivity contribution in [2.45, 2.75) is 49.1 Å². The van der Waals surface area contributed by atoms with Crippen molar-refractivity contribution in [3.05, 3.63) is 46.9 Å². The third-order valence-corrected chi connectivity index (χ3v) is 6.70. The summed E-state index contributed by atoms with van der Waals surface area (Å²) in [6, 6.07) is 4.01. The Morgan fingerprint density at radius 3 is 2.62 bits per heavy atom. The minimum atomic E-state index is -0.603. The number of carbonyl (C=O) groups excluding carboxylic acids is 2. The average Bonchev–Trinajstić information content (AvgIpc) is 3.23. The first-order valence-electron chi connectivity index (χ1n) is 10.6. The molecule has 1 saturated heterocycles. The second kappa shape index (κ2) is 8.04. The van der Waals surface area contributed by atoms with Crippen molar-refractivity contribution in [3.8, 4) is 5.75 Å². The first-order valence-corrected chi connectivity index (χ1v) is 11.0. The maximum absolute atomic E-state index is 13.4. The molecule has 1 aliphatic heterocycles. The molecular weight excluding hydrogens is 441 g/mol. The van der Waals surface area contributed by atoms with Crippen LogP contribution in [0.3, 0.4) is 0 Å². The maximum Gasteiger partial charge on any atom is 0.289 e. The number of hydrogen-bond donors (Lipinski definition) is 2. The van der Waals surface area contributed by atoms with Gasteiger partial charge in [-0.05, 0) is 44.2 Å². The molecule has 32 heavy (non-hydrogen) atoms. The maximum atomic E-state index is 13.4. The van der Waals surface area contributed by atoms with Gasteiger partial charge in [0.1, 0.15) is 11.6 Å². The van der Waals surface area contributed by atoms with Crippen LogP contribution in [0.1, 0.15) is 54.5 Å². The third kappa shape index (κ3) is 4.06. The summed E-state index contributed by atoms with van der Waals surface area (Å²) in [5.41, 5.74) is -0.649. The van der Waals surface area contributed by atoms with E-state index in [0.29, 0.717) is 38.4 Å². The summed E-state index contributed by atoms with van der Waals surface area (Å²) in [5, 5.41) is 5.98. The van der Waals surface area contributed by atoms with Crippen molar-refractivity contribution in [2.24, 2.45) is 0 Å². The molecule has 2 N–H and O–H groups in total. The smallest absolute Gasteiger partial charge is 0.289 e. The van der Waals surface area contributed by atoms with Gasteiger partial charge >= 0.3 is 0 Å². The molecule has 0 atom stereocenters. The second-order valence-electron chi connectivity index (χ2n) is 8.91. The summed E-state index contributed by atoms with van der Waals surface area (Å²) < 4.78 is 29.8. The molecule has 2 heterocycles. The van der Waals surface area contributed by atoms with E-state index in [1.807, 2.05) is 0 Å². The minimum Gasteiger partial charge on any atom is -0.484 e. The van der Waals surface area contributed by atoms with Crippen LogP contribution >= 0.6 is 11.6 Å². The number of hydrogen-bond acceptors (Lipinski definition) is 6. The fraction of sp³-hybridized carbons (Fsp3) is 0.500. The predicted molar refractivity (Wildman–Crippen MR) is 111 cm³/mol. The van der Waals surface area contributed by atoms with Gasteiger partial charge in [0.05, 0.1) is 11.2 Å². The Kier molecular flexibility index (Phi) is 5.33. The SMILES string of the molecule is O=C(COc1ccc(Cl)c(F)c1)NC12CC(NC(=O)c3cnc(C4CCOCC4)o3)(C1)C2. The van der Waals surface area contributed by atoms with Gasteiger partial charge in [0.2, 0.25) is 5.76 Å². The lowest BCUT2D eigenvalue weighted by molar-refractivity contribution is -0.141. The van der Waals surface area contributed by atoms with Gasteiger partial charge in [-0.2, -0.15) is 0 Å². The van der Waals surface area contributed by atoms with Crippen LogP contribution in [-0.4, -0.2) is 47.7 Å². The molecule has 6 rings (SSSR count). The summed E-state index contributed by atoms with van der Waals surface area (Å²) in [7, 11) is 0. The molecule has 4 aliphatic rings. The number of nitrogens with zero attached hydrogens (tertiary/aromatic N) is 1. The highest BCUT2D eigenvalue weighted by molar-refractivity contribution is 6.30. The summed E-state index contributed by atoms with van der Waals surface area (Å²) in [4.78, 5) is 29.1. The van der Waals surface area contributed by atoms with Crippen LogP contribution < -0.4 is 15.4 Å². The second-order valence-corrected chi connectivity index (χ2v) is 9.31. The normalized spacial score (nSPS) is 26.6. The Labute approximate surface area is 188 Å². The first-order chi connectivity index (χ1) is 15.4. The molecule has 3 saturated carbocycles. The number of aromatic nitrogens is 1. The van der Waals surface area contributed by atoms with Gasteiger partial charge in [-0.25, -0.2) is 9.37 Å². The van der Waals surface area contributed by atoms with Gasteiger partial charge in [0, 0.05) is 36.3 Å². The number of rotatable bonds is 7. The molecule has 4 fully saturated rings. The molecule has 2 aromatic rings. The summed E-state index contributed by atoms with van der Waals surface area (Å²) in [5.74, 6) is 0.0206. The van der Waals surface area contributed by atoms with Crippen LogP contribution in [-0.2, 0) is 9.53 Å². The fourth-order valence-electron chi connectivity index (χ4n) is 4.93. The Hall–Kier alpha value is -2.65. The topological polar surface area (TPSA) is 103 Å². The summed E-state index contributed by atoms with van der Waals surface area (Å²) >= 11 is 5.63. The van der Waals surface area contributed by atoms with Crippen molar-refractivity contribution in [2.75, 3.05) is 19.8 Å². The molecule has 3 aliphatic carbocycles. The van der Waals surface area contributed by atoms with E-state index in [-0.39, 0.29) is 51.9 Å². The standard InChI is InChI=1S/C22H23ClFN3O5/c23-15-2-1-14(7-16(15)24)31-9-18(28)26-21-10-22(11-21,12-21)27-19(29)17-8-25-20(32-17)13-3-5-30-6-4-13/h1-2,7-8,13H,3-6,9-12H2,(H,26,28)(H,27,29). The van der Waals surface area contributed by atoms with Crippen molar-refractivity contribution in [1.82, 2.24) is 15.6 Å². The molecule has 0 radical (unpaired) electrons. The fourth-order valence-corrected chi connectivity index (χ4v) is 5.05. The number of amides is 2. The largest absolute Gasteiger partial charge is 0.484 e. The van der Waals surface area contributed by atoms with Crippen molar-refractivity contribution < 1.29 is 27.9 Å². The van der Waals surface area contributed by atoms with Crippen LogP contribution in [0.25, 0.3) is 0 Å². The Morgan fingerprint density at radius 2 is 1.91 bits per heavy atom. The Balaban J connectivity index is 1.08. The van der Waals surface area contributed by atoms with Gasteiger partial charge in [0.15, 0.2) is 12.5 Å². The lowest BCUT2D eigenvalue weighted by Crippen LogP contribution is -2.84. The number of halogens is 2. The van der Waals surface area contributed by atoms with Crippen LogP contribution in [0.2, 0.25) is 5.02 Å². The Morgan fingerprint density at radius 1 is 1.19 bits per heavy atom. The van der Waals surface area contributed by atoms with Crippen LogP contribution in [0.5, 0.6) is 5.75 Å². The molecule has 2 amide bonds. The first kappa shape index (κ1) is 21.2. The molecule has 10 heteroatoms. The zero-order chi connectivity index (χ0) is 22.3. The van der Waals surface area contributed by atoms with Crippen LogP contribution in [0.15, 0.2) is 28.8 Å². The van der Waals surface area contributed by atoms with Gasteiger partial charge in [-0.3, -0.25) is 9.59 Å². The van der Waals surface area contributed by atoms with E-state index >= 15 is 0 Å². The van der Waals surface area contributed by atoms with Gasteiger partial charge < -0.3 is 24.5 Å². The average molecular weight is 464 g/mol. The van der Waals surface area contributed by atoms with E-state index in [9.17, 15) is 14.0 Å². The van der Waals surface area contributed by atoms with E-state index in [1.54, 1.807) is 0 Å². The molecule has 8 nitrogen and oxygen atoms in total. The quantitative estimate of drug-likeness (QED) is 0.654. The highest BCUT2D eigenvalue weighted by Crippen LogP contribution is 2.60. The summed E-state index contributed by atoms with van der Waals surface area (Å²) in [6.45, 7) is 1.12. The summed E-state index contributed by atoms with van der Waals surface area (Å²) in [6.07, 6.45) is 5.09. The molecule has 0 spiro atoms. The zero-order valence-corrected chi connectivity index (χ0v) is 18.0. The van der Waals surface area contributed by atoms with E-state index in [4.69, 9.17) is 25.5 Å². The Bertz CT molecular complexity index is 1030. The van der Waals surface area contributed by atoms with E-state index in [2.05, 4.69) is 15.6 Å². The van der Waals surface area contributed by atoms with Gasteiger partial charge in [0.25, 0.3) is 11.8 Å². The lowest BCUT2D eigenvalue weighted by atomic mass is 9.44. The monoisotopic (exact) mass is 463 g/mol. The van der Waals surface area contributed by atoms with E-state index < -0.39 is 5.82 Å². The van der Waals surface area contributed by atoms with Crippen LogP contribution in [0, 0.1) is 5.82 Å². The van der Waals surface area contributed by atoms with Crippen molar-refractivity contribution in [3.63, 3.8) is 0 Å². The van der Waals surface area contributed by atoms with Crippen molar-refractivity contribution >= 4 is 23.4 Å². The van der Waals surface area contributed by atoms with E-state index in [1.165, 1.54) is 18.3 Å². The zero-order valence-electron chi connectivity index (χ0n) is 17.3. The van der Waals surface area contributed by atoms with Crippen molar-refractivity contribution in [1.29, 1.82) is 0 Å². The number of carbonyl (C=O) groups is 2. The van der Waals surface area contributed by atoms with E-state index in [0.717, 1.165) is 18.9 Å². The number of ether oxygens (including phenoxy) is 2. The van der Waals surface area contributed by atoms with Gasteiger partial charge in [-0.1, -0.05) is 11.6 Å². The molecule has 1 aromatic heterocycles.